The number of nitrogens with zero attached hydrogens (tertiary/aromatic N) is 1. The Morgan fingerprint density at radius 2 is 2.18 bits per heavy atom. The molecule has 0 saturated carbocycles. The highest BCUT2D eigenvalue weighted by Gasteiger charge is 2.17. The Morgan fingerprint density at radius 3 is 2.71 bits per heavy atom. The number of aliphatic hydroxyl groups is 1. The molecule has 0 bridgehead atoms. The van der Waals surface area contributed by atoms with Gasteiger partial charge >= 0.3 is 12.1 Å². The van der Waals surface area contributed by atoms with Crippen LogP contribution in [0.3, 0.4) is 0 Å². The normalized spacial score (nSPS) is 10.8. The minimum absolute atomic E-state index is 0.0126. The van der Waals surface area contributed by atoms with E-state index in [0.29, 0.717) is 0 Å². The average Bonchev–Trinajstić information content (AvgIpc) is 2.27. The van der Waals surface area contributed by atoms with Crippen molar-refractivity contribution in [1.29, 1.82) is 0 Å². The van der Waals surface area contributed by atoms with E-state index >= 15 is 0 Å². The number of carbonyl (C=O) groups is 2. The third-order valence-electron chi connectivity index (χ3n) is 1.72. The summed E-state index contributed by atoms with van der Waals surface area (Å²) in [6.07, 6.45) is 0.508. The number of esters is 1. The molecule has 0 radical (unpaired) electrons. The summed E-state index contributed by atoms with van der Waals surface area (Å²) in [6, 6.07) is 4.69. The van der Waals surface area contributed by atoms with Gasteiger partial charge in [-0.05, 0) is 26.0 Å². The van der Waals surface area contributed by atoms with E-state index in [-0.39, 0.29) is 12.2 Å². The fraction of sp³-hybridized carbons (Fsp3) is 0.364. The SMILES string of the molecule is CC(C)(O)CNC(=O)OC(=O)c1ccccn1. The van der Waals surface area contributed by atoms with Gasteiger partial charge in [-0.25, -0.2) is 14.6 Å². The number of alkyl carbamates (subject to hydrolysis) is 1. The van der Waals surface area contributed by atoms with Crippen molar-refractivity contribution >= 4 is 12.1 Å². The highest BCUT2D eigenvalue weighted by atomic mass is 16.6. The van der Waals surface area contributed by atoms with E-state index in [4.69, 9.17) is 0 Å². The minimum atomic E-state index is -1.06. The lowest BCUT2D eigenvalue weighted by molar-refractivity contribution is 0.0556. The van der Waals surface area contributed by atoms with Crippen LogP contribution in [-0.2, 0) is 4.74 Å². The average molecular weight is 238 g/mol. The summed E-state index contributed by atoms with van der Waals surface area (Å²) in [4.78, 5) is 26.3. The molecule has 1 aromatic rings. The van der Waals surface area contributed by atoms with E-state index < -0.39 is 17.7 Å². The van der Waals surface area contributed by atoms with Crippen LogP contribution in [-0.4, -0.2) is 34.3 Å². The molecule has 1 aromatic heterocycles. The van der Waals surface area contributed by atoms with E-state index in [1.54, 1.807) is 12.1 Å². The molecule has 92 valence electrons. The van der Waals surface area contributed by atoms with Crippen molar-refractivity contribution in [3.05, 3.63) is 30.1 Å². The van der Waals surface area contributed by atoms with Crippen LogP contribution >= 0.6 is 0 Å². The zero-order valence-corrected chi connectivity index (χ0v) is 9.64. The quantitative estimate of drug-likeness (QED) is 0.598. The molecule has 1 amide bonds. The molecule has 0 aliphatic rings. The number of hydrogen-bond acceptors (Lipinski definition) is 5. The summed E-state index contributed by atoms with van der Waals surface area (Å²) in [5, 5.41) is 11.6. The molecule has 6 nitrogen and oxygen atoms in total. The Hall–Kier alpha value is -1.95. The second-order valence-corrected chi connectivity index (χ2v) is 4.06. The van der Waals surface area contributed by atoms with Gasteiger partial charge < -0.3 is 15.2 Å². The largest absolute Gasteiger partial charge is 0.415 e. The number of amides is 1. The third-order valence-corrected chi connectivity index (χ3v) is 1.72. The molecule has 0 aromatic carbocycles. The molecular formula is C11H14N2O4. The summed E-state index contributed by atoms with van der Waals surface area (Å²) in [6.45, 7) is 3.03. The molecule has 0 aliphatic heterocycles. The first-order valence-corrected chi connectivity index (χ1v) is 5.02. The number of rotatable bonds is 3. The molecule has 17 heavy (non-hydrogen) atoms. The minimum Gasteiger partial charge on any atom is -0.389 e. The zero-order valence-electron chi connectivity index (χ0n) is 9.64. The summed E-state index contributed by atoms with van der Waals surface area (Å²) < 4.78 is 4.47. The third kappa shape index (κ3) is 5.07. The lowest BCUT2D eigenvalue weighted by Crippen LogP contribution is -2.39. The maximum atomic E-state index is 11.4. The van der Waals surface area contributed by atoms with Crippen LogP contribution < -0.4 is 5.32 Å². The van der Waals surface area contributed by atoms with Gasteiger partial charge in [0.15, 0.2) is 0 Å². The highest BCUT2D eigenvalue weighted by molar-refractivity contribution is 5.94. The van der Waals surface area contributed by atoms with Gasteiger partial charge in [0, 0.05) is 12.7 Å². The van der Waals surface area contributed by atoms with Gasteiger partial charge in [-0.15, -0.1) is 0 Å². The number of carbonyl (C=O) groups excluding carboxylic acids is 2. The van der Waals surface area contributed by atoms with E-state index in [2.05, 4.69) is 15.0 Å². The molecule has 1 heterocycles. The van der Waals surface area contributed by atoms with E-state index in [9.17, 15) is 14.7 Å². The van der Waals surface area contributed by atoms with Gasteiger partial charge in [-0.1, -0.05) is 6.07 Å². The van der Waals surface area contributed by atoms with Crippen molar-refractivity contribution in [1.82, 2.24) is 10.3 Å². The van der Waals surface area contributed by atoms with Crippen LogP contribution in [0.5, 0.6) is 0 Å². The Balaban J connectivity index is 2.45. The summed E-state index contributed by atoms with van der Waals surface area (Å²) >= 11 is 0. The Bertz CT molecular complexity index is 398. The van der Waals surface area contributed by atoms with E-state index in [1.807, 2.05) is 0 Å². The van der Waals surface area contributed by atoms with Crippen LogP contribution in [0, 0.1) is 0 Å². The molecule has 0 unspecified atom stereocenters. The van der Waals surface area contributed by atoms with Gasteiger partial charge in [0.05, 0.1) is 5.60 Å². The molecule has 1 rings (SSSR count). The van der Waals surface area contributed by atoms with Crippen molar-refractivity contribution < 1.29 is 19.4 Å². The predicted octanol–water partition coefficient (Wildman–Crippen LogP) is 0.719. The standard InChI is InChI=1S/C11H14N2O4/c1-11(2,16)7-13-10(15)17-9(14)8-5-3-4-6-12-8/h3-6,16H,7H2,1-2H3,(H,13,15). The number of aromatic nitrogens is 1. The van der Waals surface area contributed by atoms with Gasteiger partial charge in [0.25, 0.3) is 0 Å². The summed E-state index contributed by atoms with van der Waals surface area (Å²) in [5.74, 6) is -0.834. The Kier molecular flexibility index (Phi) is 4.17. The van der Waals surface area contributed by atoms with Crippen LogP contribution in [0.25, 0.3) is 0 Å². The van der Waals surface area contributed by atoms with Gasteiger partial charge in [-0.2, -0.15) is 0 Å². The fourth-order valence-corrected chi connectivity index (χ4v) is 0.945. The van der Waals surface area contributed by atoms with Crippen LogP contribution in [0.2, 0.25) is 0 Å². The van der Waals surface area contributed by atoms with Crippen molar-refractivity contribution in [2.45, 2.75) is 19.4 Å². The number of ether oxygens (including phenoxy) is 1. The molecule has 0 fully saturated rings. The zero-order chi connectivity index (χ0) is 12.9. The fourth-order valence-electron chi connectivity index (χ4n) is 0.945. The first-order chi connectivity index (χ1) is 7.88. The van der Waals surface area contributed by atoms with Crippen LogP contribution in [0.4, 0.5) is 4.79 Å². The molecule has 0 atom stereocenters. The van der Waals surface area contributed by atoms with E-state index in [1.165, 1.54) is 26.1 Å². The van der Waals surface area contributed by atoms with Crippen LogP contribution in [0.15, 0.2) is 24.4 Å². The van der Waals surface area contributed by atoms with Gasteiger partial charge in [0.2, 0.25) is 0 Å². The maximum absolute atomic E-state index is 11.4. The first kappa shape index (κ1) is 13.1. The number of hydrogen-bond donors (Lipinski definition) is 2. The smallest absolute Gasteiger partial charge is 0.389 e. The maximum Gasteiger partial charge on any atom is 0.415 e. The molecule has 6 heteroatoms. The molecule has 0 aliphatic carbocycles. The monoisotopic (exact) mass is 238 g/mol. The molecular weight excluding hydrogens is 224 g/mol. The number of pyridine rings is 1. The van der Waals surface area contributed by atoms with Crippen molar-refractivity contribution in [3.8, 4) is 0 Å². The van der Waals surface area contributed by atoms with Gasteiger partial charge in [-0.3, -0.25) is 0 Å². The van der Waals surface area contributed by atoms with Crippen molar-refractivity contribution in [2.75, 3.05) is 6.54 Å². The predicted molar refractivity (Wildman–Crippen MR) is 59.3 cm³/mol. The molecule has 0 saturated heterocycles. The summed E-state index contributed by atoms with van der Waals surface area (Å²) in [7, 11) is 0. The second kappa shape index (κ2) is 5.40. The van der Waals surface area contributed by atoms with Crippen LogP contribution in [0.1, 0.15) is 24.3 Å². The lowest BCUT2D eigenvalue weighted by atomic mass is 10.1. The lowest BCUT2D eigenvalue weighted by Gasteiger charge is -2.16. The van der Waals surface area contributed by atoms with Crippen molar-refractivity contribution in [3.63, 3.8) is 0 Å². The second-order valence-electron chi connectivity index (χ2n) is 4.06. The Morgan fingerprint density at radius 1 is 1.47 bits per heavy atom. The van der Waals surface area contributed by atoms with Gasteiger partial charge in [0.1, 0.15) is 5.69 Å². The number of nitrogens with one attached hydrogen (secondary N) is 1. The molecule has 0 spiro atoms. The molecule has 2 N–H and O–H groups in total. The van der Waals surface area contributed by atoms with Crippen molar-refractivity contribution in [2.24, 2.45) is 0 Å². The van der Waals surface area contributed by atoms with E-state index in [0.717, 1.165) is 0 Å². The first-order valence-electron chi connectivity index (χ1n) is 5.02. The topological polar surface area (TPSA) is 88.5 Å². The highest BCUT2D eigenvalue weighted by Crippen LogP contribution is 1.99. The Labute approximate surface area is 98.6 Å². The summed E-state index contributed by atoms with van der Waals surface area (Å²) in [5.41, 5.74) is -1.02.